The monoisotopic (exact) mass is 514 g/mol. The van der Waals surface area contributed by atoms with Crippen LogP contribution >= 0.6 is 0 Å². The minimum Gasteiger partial charge on any atom is -0.478 e. The van der Waals surface area contributed by atoms with Gasteiger partial charge in [-0.1, -0.05) is 48.5 Å². The number of carboxylic acids is 1. The summed E-state index contributed by atoms with van der Waals surface area (Å²) in [5.74, 6) is -1.18. The van der Waals surface area contributed by atoms with Gasteiger partial charge in [-0.2, -0.15) is 0 Å². The average molecular weight is 515 g/mol. The van der Waals surface area contributed by atoms with Gasteiger partial charge in [0.25, 0.3) is 0 Å². The van der Waals surface area contributed by atoms with Gasteiger partial charge in [0, 0.05) is 19.0 Å². The van der Waals surface area contributed by atoms with E-state index in [2.05, 4.69) is 24.3 Å². The number of benzene rings is 3. The Morgan fingerprint density at radius 1 is 0.895 bits per heavy atom. The van der Waals surface area contributed by atoms with E-state index in [1.54, 1.807) is 26.8 Å². The van der Waals surface area contributed by atoms with Gasteiger partial charge >= 0.3 is 18.2 Å². The molecule has 2 aliphatic rings. The van der Waals surface area contributed by atoms with Crippen LogP contribution in [0.1, 0.15) is 53.7 Å². The van der Waals surface area contributed by atoms with Crippen molar-refractivity contribution < 1.29 is 29.0 Å². The van der Waals surface area contributed by atoms with E-state index in [1.807, 2.05) is 24.3 Å². The first kappa shape index (κ1) is 25.3. The Hall–Kier alpha value is -4.33. The van der Waals surface area contributed by atoms with E-state index in [0.717, 1.165) is 22.3 Å². The lowest BCUT2D eigenvalue weighted by molar-refractivity contribution is 0.0242. The zero-order chi connectivity index (χ0) is 27.0. The Kier molecular flexibility index (Phi) is 6.57. The number of aromatic carboxylic acids is 1. The molecule has 5 rings (SSSR count). The van der Waals surface area contributed by atoms with Crippen LogP contribution in [0.25, 0.3) is 11.1 Å². The van der Waals surface area contributed by atoms with Crippen molar-refractivity contribution >= 4 is 23.8 Å². The number of fused-ring (bicyclic) bond motifs is 4. The number of hydrogen-bond acceptors (Lipinski definition) is 5. The number of rotatable bonds is 3. The summed E-state index contributed by atoms with van der Waals surface area (Å²) in [7, 11) is 0. The molecule has 0 saturated carbocycles. The zero-order valence-corrected chi connectivity index (χ0v) is 21.6. The van der Waals surface area contributed by atoms with Crippen molar-refractivity contribution in [3.05, 3.63) is 89.0 Å². The second kappa shape index (κ2) is 9.85. The maximum Gasteiger partial charge on any atom is 0.414 e. The molecule has 0 aromatic heterocycles. The van der Waals surface area contributed by atoms with Gasteiger partial charge in [0.2, 0.25) is 0 Å². The number of nitrogens with zero attached hydrogens (tertiary/aromatic N) is 2. The Balaban J connectivity index is 1.40. The number of amides is 2. The summed E-state index contributed by atoms with van der Waals surface area (Å²) in [6.45, 7) is 5.98. The first-order valence-electron chi connectivity index (χ1n) is 12.6. The van der Waals surface area contributed by atoms with Crippen LogP contribution in [-0.4, -0.2) is 53.5 Å². The van der Waals surface area contributed by atoms with E-state index in [9.17, 15) is 19.5 Å². The van der Waals surface area contributed by atoms with Crippen LogP contribution in [0.3, 0.4) is 0 Å². The molecule has 3 aromatic rings. The molecule has 0 atom stereocenters. The second-order valence-electron chi connectivity index (χ2n) is 10.5. The number of carboxylic acid groups (broad SMARTS) is 1. The van der Waals surface area contributed by atoms with Gasteiger partial charge in [-0.25, -0.2) is 14.4 Å². The van der Waals surface area contributed by atoms with Crippen molar-refractivity contribution in [2.45, 2.75) is 38.8 Å². The van der Waals surface area contributed by atoms with Gasteiger partial charge in [0.1, 0.15) is 12.2 Å². The molecule has 2 amide bonds. The van der Waals surface area contributed by atoms with Gasteiger partial charge < -0.3 is 19.5 Å². The first-order chi connectivity index (χ1) is 18.1. The van der Waals surface area contributed by atoms with Crippen LogP contribution in [0.5, 0.6) is 0 Å². The second-order valence-corrected chi connectivity index (χ2v) is 10.5. The normalized spacial score (nSPS) is 14.7. The molecule has 0 radical (unpaired) electrons. The fraction of sp³-hybridized carbons (Fsp3) is 0.300. The molecule has 1 N–H and O–H groups in total. The first-order valence-corrected chi connectivity index (χ1v) is 12.6. The predicted octanol–water partition coefficient (Wildman–Crippen LogP) is 5.89. The predicted molar refractivity (Wildman–Crippen MR) is 142 cm³/mol. The number of hydrogen-bond donors (Lipinski definition) is 1. The molecule has 8 heteroatoms. The summed E-state index contributed by atoms with van der Waals surface area (Å²) in [5.41, 5.74) is 4.92. The van der Waals surface area contributed by atoms with E-state index in [0.29, 0.717) is 11.3 Å². The van der Waals surface area contributed by atoms with Crippen LogP contribution in [0, 0.1) is 0 Å². The van der Waals surface area contributed by atoms with Gasteiger partial charge in [0.05, 0.1) is 17.8 Å². The standard InChI is InChI=1S/C30H30N2O6/c1-30(2,3)38-28(35)31-14-15-32(26-13-12-19(27(33)34)16-20(26)17-31)29(36)37-18-25-23-10-6-4-8-21(23)22-9-5-7-11-24(22)25/h4-13,16,25H,14-15,17-18H2,1-3H3,(H,33,34). The molecule has 1 aliphatic heterocycles. The van der Waals surface area contributed by atoms with Crippen molar-refractivity contribution in [2.75, 3.05) is 24.6 Å². The van der Waals surface area contributed by atoms with Crippen LogP contribution in [0.15, 0.2) is 66.7 Å². The maximum atomic E-state index is 13.5. The summed E-state index contributed by atoms with van der Waals surface area (Å²) in [4.78, 5) is 40.9. The summed E-state index contributed by atoms with van der Waals surface area (Å²) in [6, 6.07) is 20.8. The molecule has 0 bridgehead atoms. The lowest BCUT2D eigenvalue weighted by Crippen LogP contribution is -2.40. The summed E-state index contributed by atoms with van der Waals surface area (Å²) in [6.07, 6.45) is -1.08. The smallest absolute Gasteiger partial charge is 0.414 e. The Morgan fingerprint density at radius 3 is 2.13 bits per heavy atom. The van der Waals surface area contributed by atoms with E-state index in [4.69, 9.17) is 9.47 Å². The minimum atomic E-state index is -1.09. The van der Waals surface area contributed by atoms with Crippen LogP contribution in [-0.2, 0) is 16.0 Å². The van der Waals surface area contributed by atoms with Gasteiger partial charge in [-0.3, -0.25) is 4.90 Å². The molecular weight excluding hydrogens is 484 g/mol. The van der Waals surface area contributed by atoms with E-state index in [-0.39, 0.29) is 37.7 Å². The fourth-order valence-corrected chi connectivity index (χ4v) is 5.08. The highest BCUT2D eigenvalue weighted by atomic mass is 16.6. The summed E-state index contributed by atoms with van der Waals surface area (Å²) >= 11 is 0. The molecule has 0 fully saturated rings. The lowest BCUT2D eigenvalue weighted by atomic mass is 9.98. The van der Waals surface area contributed by atoms with Crippen molar-refractivity contribution in [3.8, 4) is 11.1 Å². The topological polar surface area (TPSA) is 96.4 Å². The Labute approximate surface area is 221 Å². The van der Waals surface area contributed by atoms with Crippen LogP contribution < -0.4 is 4.90 Å². The van der Waals surface area contributed by atoms with E-state index in [1.165, 1.54) is 21.9 Å². The highest BCUT2D eigenvalue weighted by Crippen LogP contribution is 2.44. The highest BCUT2D eigenvalue weighted by molar-refractivity contribution is 5.93. The number of anilines is 1. The van der Waals surface area contributed by atoms with E-state index < -0.39 is 23.8 Å². The molecule has 0 spiro atoms. The number of carbonyl (C=O) groups is 3. The lowest BCUT2D eigenvalue weighted by Gasteiger charge is -2.26. The summed E-state index contributed by atoms with van der Waals surface area (Å²) < 4.78 is 11.4. The quantitative estimate of drug-likeness (QED) is 0.468. The Bertz CT molecular complexity index is 1360. The molecule has 8 nitrogen and oxygen atoms in total. The third-order valence-corrected chi connectivity index (χ3v) is 6.78. The third-order valence-electron chi connectivity index (χ3n) is 6.78. The van der Waals surface area contributed by atoms with Crippen LogP contribution in [0.4, 0.5) is 15.3 Å². The van der Waals surface area contributed by atoms with Crippen molar-refractivity contribution in [3.63, 3.8) is 0 Å². The molecule has 0 saturated heterocycles. The molecule has 1 aliphatic carbocycles. The minimum absolute atomic E-state index is 0.0716. The van der Waals surface area contributed by atoms with Gasteiger partial charge in [-0.15, -0.1) is 0 Å². The largest absolute Gasteiger partial charge is 0.478 e. The van der Waals surface area contributed by atoms with Crippen molar-refractivity contribution in [2.24, 2.45) is 0 Å². The van der Waals surface area contributed by atoms with Crippen molar-refractivity contribution in [1.82, 2.24) is 4.90 Å². The Morgan fingerprint density at radius 2 is 1.53 bits per heavy atom. The zero-order valence-electron chi connectivity index (χ0n) is 21.6. The number of ether oxygens (including phenoxy) is 2. The van der Waals surface area contributed by atoms with Crippen LogP contribution in [0.2, 0.25) is 0 Å². The average Bonchev–Trinajstić information content (AvgIpc) is 3.05. The van der Waals surface area contributed by atoms with Gasteiger partial charge in [-0.05, 0) is 66.8 Å². The highest BCUT2D eigenvalue weighted by Gasteiger charge is 2.33. The molecule has 3 aromatic carbocycles. The number of carbonyl (C=O) groups excluding carboxylic acids is 2. The molecule has 1 heterocycles. The van der Waals surface area contributed by atoms with Gasteiger partial charge in [0.15, 0.2) is 0 Å². The van der Waals surface area contributed by atoms with E-state index >= 15 is 0 Å². The fourth-order valence-electron chi connectivity index (χ4n) is 5.08. The third kappa shape index (κ3) is 4.94. The summed E-state index contributed by atoms with van der Waals surface area (Å²) in [5, 5.41) is 9.51. The maximum absolute atomic E-state index is 13.5. The molecule has 38 heavy (non-hydrogen) atoms. The molecule has 196 valence electrons. The molecular formula is C30H30N2O6. The molecule has 0 unspecified atom stereocenters. The van der Waals surface area contributed by atoms with Crippen molar-refractivity contribution in [1.29, 1.82) is 0 Å². The SMILES string of the molecule is CC(C)(C)OC(=O)N1CCN(C(=O)OCC2c3ccccc3-c3ccccc32)c2ccc(C(=O)O)cc2C1.